The Morgan fingerprint density at radius 2 is 2.10 bits per heavy atom. The third-order valence-corrected chi connectivity index (χ3v) is 6.27. The molecule has 0 amide bonds. The molecule has 1 saturated carbocycles. The Balaban J connectivity index is 1.89. The van der Waals surface area contributed by atoms with Gasteiger partial charge in [-0.1, -0.05) is 13.8 Å². The van der Waals surface area contributed by atoms with Gasteiger partial charge in [-0.15, -0.1) is 0 Å². The summed E-state index contributed by atoms with van der Waals surface area (Å²) in [6.45, 7) is 6.13. The van der Waals surface area contributed by atoms with Gasteiger partial charge in [0.1, 0.15) is 5.76 Å². The number of thioether (sulfide) groups is 1. The number of hydrogen-bond acceptors (Lipinski definition) is 5. The number of nitrogens with one attached hydrogen (secondary N) is 2. The third kappa shape index (κ3) is 4.74. The fraction of sp³-hybridized carbons (Fsp3) is 0.714. The molecule has 0 atom stereocenters. The van der Waals surface area contributed by atoms with Gasteiger partial charge in [-0.25, -0.2) is 13.1 Å². The van der Waals surface area contributed by atoms with Crippen LogP contribution in [0.4, 0.5) is 0 Å². The Morgan fingerprint density at radius 1 is 1.38 bits per heavy atom. The van der Waals surface area contributed by atoms with Crippen molar-refractivity contribution >= 4 is 21.8 Å². The van der Waals surface area contributed by atoms with Gasteiger partial charge in [0.2, 0.25) is 5.09 Å². The molecule has 0 saturated heterocycles. The van der Waals surface area contributed by atoms with Crippen LogP contribution < -0.4 is 10.0 Å². The van der Waals surface area contributed by atoms with Gasteiger partial charge in [0.25, 0.3) is 10.0 Å². The zero-order chi connectivity index (χ0) is 15.5. The largest absolute Gasteiger partial charge is 0.447 e. The van der Waals surface area contributed by atoms with E-state index in [1.165, 1.54) is 6.07 Å². The lowest BCUT2D eigenvalue weighted by molar-refractivity contribution is 0.394. The number of rotatable bonds is 9. The predicted octanol–water partition coefficient (Wildman–Crippen LogP) is 2.20. The van der Waals surface area contributed by atoms with Crippen LogP contribution in [0.2, 0.25) is 0 Å². The standard InChI is InChI=1S/C14H24N2O3S2/c1-11(2)8-15-9-12-4-5-13(19-12)21(17,18)16-10-14(20-3)6-7-14/h4-5,11,15-16H,6-10H2,1-3H3. The van der Waals surface area contributed by atoms with Gasteiger partial charge in [-0.05, 0) is 43.7 Å². The quantitative estimate of drug-likeness (QED) is 0.725. The minimum absolute atomic E-state index is 0.000694. The van der Waals surface area contributed by atoms with Crippen LogP contribution in [-0.2, 0) is 16.6 Å². The minimum Gasteiger partial charge on any atom is -0.447 e. The van der Waals surface area contributed by atoms with Crippen molar-refractivity contribution in [2.45, 2.75) is 43.1 Å². The van der Waals surface area contributed by atoms with Crippen molar-refractivity contribution in [2.75, 3.05) is 19.3 Å². The summed E-state index contributed by atoms with van der Waals surface area (Å²) in [6.07, 6.45) is 4.16. The molecule has 1 aromatic heterocycles. The maximum absolute atomic E-state index is 12.2. The Kier molecular flexibility index (Phi) is 5.40. The Hall–Kier alpha value is -0.500. The van der Waals surface area contributed by atoms with Crippen LogP contribution in [0.25, 0.3) is 0 Å². The molecule has 120 valence electrons. The summed E-state index contributed by atoms with van der Waals surface area (Å²) in [5.74, 6) is 1.19. The molecule has 0 radical (unpaired) electrons. The second kappa shape index (κ2) is 6.73. The summed E-state index contributed by atoms with van der Waals surface area (Å²) in [4.78, 5) is 0. The van der Waals surface area contributed by atoms with Gasteiger partial charge < -0.3 is 9.73 Å². The van der Waals surface area contributed by atoms with E-state index in [1.54, 1.807) is 17.8 Å². The van der Waals surface area contributed by atoms with E-state index in [1.807, 2.05) is 6.26 Å². The predicted molar refractivity (Wildman–Crippen MR) is 85.9 cm³/mol. The minimum atomic E-state index is -3.54. The van der Waals surface area contributed by atoms with E-state index in [-0.39, 0.29) is 9.84 Å². The lowest BCUT2D eigenvalue weighted by Crippen LogP contribution is -2.31. The van der Waals surface area contributed by atoms with Crippen LogP contribution in [0.5, 0.6) is 0 Å². The summed E-state index contributed by atoms with van der Waals surface area (Å²) in [5, 5.41) is 3.23. The van der Waals surface area contributed by atoms with E-state index in [4.69, 9.17) is 4.42 Å². The number of hydrogen-bond donors (Lipinski definition) is 2. The first-order valence-corrected chi connectivity index (χ1v) is 9.92. The van der Waals surface area contributed by atoms with E-state index in [9.17, 15) is 8.42 Å². The van der Waals surface area contributed by atoms with Gasteiger partial charge in [-0.2, -0.15) is 11.8 Å². The number of sulfonamides is 1. The first-order chi connectivity index (χ1) is 9.87. The van der Waals surface area contributed by atoms with Crippen molar-refractivity contribution < 1.29 is 12.8 Å². The maximum atomic E-state index is 12.2. The molecule has 1 aromatic rings. The molecule has 0 unspecified atom stereocenters. The normalized spacial score (nSPS) is 17.3. The van der Waals surface area contributed by atoms with E-state index < -0.39 is 10.0 Å². The number of furan rings is 1. The highest BCUT2D eigenvalue weighted by molar-refractivity contribution is 8.00. The summed E-state index contributed by atoms with van der Waals surface area (Å²) < 4.78 is 32.5. The van der Waals surface area contributed by atoms with Crippen LogP contribution in [0.15, 0.2) is 21.6 Å². The molecule has 1 aliphatic rings. The summed E-state index contributed by atoms with van der Waals surface area (Å²) in [6, 6.07) is 3.23. The SMILES string of the molecule is CSC1(CNS(=O)(=O)c2ccc(CNCC(C)C)o2)CC1. The molecule has 2 rings (SSSR count). The monoisotopic (exact) mass is 332 g/mol. The Labute approximate surface area is 131 Å². The molecular weight excluding hydrogens is 308 g/mol. The smallest absolute Gasteiger partial charge is 0.274 e. The summed E-state index contributed by atoms with van der Waals surface area (Å²) in [5.41, 5.74) is 0. The molecule has 1 heterocycles. The third-order valence-electron chi connectivity index (χ3n) is 3.58. The van der Waals surface area contributed by atoms with Crippen molar-refractivity contribution in [3.63, 3.8) is 0 Å². The molecule has 21 heavy (non-hydrogen) atoms. The molecule has 2 N–H and O–H groups in total. The van der Waals surface area contributed by atoms with Gasteiger partial charge in [0.15, 0.2) is 0 Å². The van der Waals surface area contributed by atoms with Gasteiger partial charge >= 0.3 is 0 Å². The van der Waals surface area contributed by atoms with Crippen LogP contribution in [0, 0.1) is 5.92 Å². The average Bonchev–Trinajstić information content (AvgIpc) is 3.06. The molecule has 0 spiro atoms. The van der Waals surface area contributed by atoms with Crippen molar-refractivity contribution in [3.05, 3.63) is 17.9 Å². The Morgan fingerprint density at radius 3 is 2.67 bits per heavy atom. The molecule has 0 aromatic carbocycles. The van der Waals surface area contributed by atoms with Crippen LogP contribution in [0.3, 0.4) is 0 Å². The van der Waals surface area contributed by atoms with Crippen molar-refractivity contribution in [3.8, 4) is 0 Å². The van der Waals surface area contributed by atoms with E-state index in [2.05, 4.69) is 23.9 Å². The second-order valence-electron chi connectivity index (χ2n) is 5.96. The topological polar surface area (TPSA) is 71.3 Å². The van der Waals surface area contributed by atoms with Gasteiger partial charge in [-0.3, -0.25) is 0 Å². The molecule has 1 fully saturated rings. The summed E-state index contributed by atoms with van der Waals surface area (Å²) >= 11 is 1.73. The first kappa shape index (κ1) is 16.9. The highest BCUT2D eigenvalue weighted by atomic mass is 32.2. The van der Waals surface area contributed by atoms with E-state index >= 15 is 0 Å². The molecule has 1 aliphatic carbocycles. The fourth-order valence-electron chi connectivity index (χ4n) is 1.97. The molecule has 7 heteroatoms. The van der Waals surface area contributed by atoms with Gasteiger partial charge in [0.05, 0.1) is 6.54 Å². The van der Waals surface area contributed by atoms with Crippen LogP contribution in [-0.4, -0.2) is 32.5 Å². The average molecular weight is 332 g/mol. The Bertz CT molecular complexity index is 563. The molecule has 5 nitrogen and oxygen atoms in total. The maximum Gasteiger partial charge on any atom is 0.274 e. The van der Waals surface area contributed by atoms with Crippen LogP contribution in [0.1, 0.15) is 32.4 Å². The molecular formula is C14H24N2O3S2. The lowest BCUT2D eigenvalue weighted by Gasteiger charge is -2.12. The van der Waals surface area contributed by atoms with E-state index in [0.717, 1.165) is 19.4 Å². The van der Waals surface area contributed by atoms with Gasteiger partial charge in [0, 0.05) is 11.3 Å². The van der Waals surface area contributed by atoms with Crippen molar-refractivity contribution in [1.82, 2.24) is 10.0 Å². The zero-order valence-electron chi connectivity index (χ0n) is 12.8. The van der Waals surface area contributed by atoms with Crippen molar-refractivity contribution in [2.24, 2.45) is 5.92 Å². The lowest BCUT2D eigenvalue weighted by atomic mass is 10.2. The van der Waals surface area contributed by atoms with E-state index in [0.29, 0.717) is 24.8 Å². The highest BCUT2D eigenvalue weighted by Gasteiger charge is 2.42. The van der Waals surface area contributed by atoms with Crippen molar-refractivity contribution in [1.29, 1.82) is 0 Å². The highest BCUT2D eigenvalue weighted by Crippen LogP contribution is 2.46. The fourth-order valence-corrected chi connectivity index (χ4v) is 3.86. The summed E-state index contributed by atoms with van der Waals surface area (Å²) in [7, 11) is -3.54. The van der Waals surface area contributed by atoms with Crippen LogP contribution >= 0.6 is 11.8 Å². The first-order valence-electron chi connectivity index (χ1n) is 7.21. The molecule has 0 aliphatic heterocycles. The zero-order valence-corrected chi connectivity index (χ0v) is 14.4. The molecule has 0 bridgehead atoms. The second-order valence-corrected chi connectivity index (χ2v) is 8.93.